The molecule has 0 aliphatic heterocycles. The Morgan fingerprint density at radius 3 is 3.05 bits per heavy atom. The minimum atomic E-state index is -0.210. The summed E-state index contributed by atoms with van der Waals surface area (Å²) >= 11 is 0. The summed E-state index contributed by atoms with van der Waals surface area (Å²) in [6.45, 7) is 0. The van der Waals surface area contributed by atoms with E-state index in [1.165, 1.54) is 5.56 Å². The number of hydrogen-bond donors (Lipinski definition) is 3. The van der Waals surface area contributed by atoms with Crippen LogP contribution >= 0.6 is 0 Å². The second kappa shape index (κ2) is 5.09. The lowest BCUT2D eigenvalue weighted by molar-refractivity contribution is 0.247. The van der Waals surface area contributed by atoms with Crippen LogP contribution in [0.3, 0.4) is 0 Å². The Kier molecular flexibility index (Phi) is 3.14. The van der Waals surface area contributed by atoms with Crippen molar-refractivity contribution in [1.29, 1.82) is 0 Å². The molecule has 1 aliphatic carbocycles. The van der Waals surface area contributed by atoms with Gasteiger partial charge in [-0.2, -0.15) is 5.10 Å². The Morgan fingerprint density at radius 1 is 1.37 bits per heavy atom. The fraction of sp³-hybridized carbons (Fsp3) is 0.308. The lowest BCUT2D eigenvalue weighted by Gasteiger charge is -2.23. The molecule has 6 nitrogen and oxygen atoms in total. The molecule has 0 bridgehead atoms. The second-order valence-corrected chi connectivity index (χ2v) is 4.59. The number of carbonyl (C=O) groups excluding carboxylic acids is 1. The first-order chi connectivity index (χ1) is 9.33. The van der Waals surface area contributed by atoms with Crippen molar-refractivity contribution in [1.82, 2.24) is 20.5 Å². The zero-order valence-electron chi connectivity index (χ0n) is 10.4. The largest absolute Gasteiger partial charge is 0.330 e. The molecule has 1 aliphatic rings. The van der Waals surface area contributed by atoms with Crippen molar-refractivity contribution in [2.75, 3.05) is 5.32 Å². The van der Waals surface area contributed by atoms with Crippen molar-refractivity contribution in [2.45, 2.75) is 25.3 Å². The van der Waals surface area contributed by atoms with E-state index in [0.29, 0.717) is 0 Å². The predicted octanol–water partition coefficient (Wildman–Crippen LogP) is 2.00. The van der Waals surface area contributed by atoms with Gasteiger partial charge in [-0.05, 0) is 37.0 Å². The van der Waals surface area contributed by atoms with E-state index in [1.54, 1.807) is 24.5 Å². The van der Waals surface area contributed by atoms with Crippen molar-refractivity contribution in [3.8, 4) is 0 Å². The van der Waals surface area contributed by atoms with Gasteiger partial charge < -0.3 is 10.6 Å². The Bertz CT molecular complexity index is 565. The number of anilines is 1. The Labute approximate surface area is 110 Å². The van der Waals surface area contributed by atoms with E-state index in [4.69, 9.17) is 0 Å². The molecule has 0 saturated heterocycles. The van der Waals surface area contributed by atoms with Crippen LogP contribution in [0.5, 0.6) is 0 Å². The Hall–Kier alpha value is -2.37. The highest BCUT2D eigenvalue weighted by Crippen LogP contribution is 2.27. The molecule has 0 aromatic carbocycles. The number of rotatable bonds is 2. The smallest absolute Gasteiger partial charge is 0.319 e. The maximum absolute atomic E-state index is 11.9. The van der Waals surface area contributed by atoms with E-state index in [-0.39, 0.29) is 12.1 Å². The van der Waals surface area contributed by atoms with Gasteiger partial charge in [0, 0.05) is 18.1 Å². The molecule has 0 spiro atoms. The number of nitrogens with zero attached hydrogens (tertiary/aromatic N) is 2. The van der Waals surface area contributed by atoms with Crippen LogP contribution in [-0.4, -0.2) is 21.2 Å². The first kappa shape index (κ1) is 11.7. The van der Waals surface area contributed by atoms with E-state index in [1.807, 2.05) is 6.20 Å². The summed E-state index contributed by atoms with van der Waals surface area (Å²) in [7, 11) is 0. The molecule has 2 heterocycles. The highest BCUT2D eigenvalue weighted by molar-refractivity contribution is 5.89. The number of urea groups is 1. The SMILES string of the molecule is O=C(Nc1ccncc1)N[C@@H]1CCCc2cn[nH]c21. The molecule has 98 valence electrons. The molecular weight excluding hydrogens is 242 g/mol. The van der Waals surface area contributed by atoms with Crippen LogP contribution in [0.1, 0.15) is 30.1 Å². The van der Waals surface area contributed by atoms with Crippen molar-refractivity contribution in [2.24, 2.45) is 0 Å². The summed E-state index contributed by atoms with van der Waals surface area (Å²) in [5.41, 5.74) is 2.95. The van der Waals surface area contributed by atoms with Crippen molar-refractivity contribution in [3.05, 3.63) is 42.0 Å². The minimum Gasteiger partial charge on any atom is -0.330 e. The molecule has 2 amide bonds. The van der Waals surface area contributed by atoms with E-state index in [0.717, 1.165) is 30.6 Å². The molecule has 0 radical (unpaired) electrons. The summed E-state index contributed by atoms with van der Waals surface area (Å²) < 4.78 is 0. The first-order valence-electron chi connectivity index (χ1n) is 6.32. The van der Waals surface area contributed by atoms with Gasteiger partial charge in [0.1, 0.15) is 0 Å². The van der Waals surface area contributed by atoms with Gasteiger partial charge in [0.25, 0.3) is 0 Å². The van der Waals surface area contributed by atoms with E-state index < -0.39 is 0 Å². The summed E-state index contributed by atoms with van der Waals surface area (Å²) in [4.78, 5) is 15.8. The molecule has 1 atom stereocenters. The Balaban J connectivity index is 1.65. The molecule has 0 saturated carbocycles. The van der Waals surface area contributed by atoms with Crippen LogP contribution < -0.4 is 10.6 Å². The highest BCUT2D eigenvalue weighted by Gasteiger charge is 2.23. The number of hydrogen-bond acceptors (Lipinski definition) is 3. The zero-order valence-corrected chi connectivity index (χ0v) is 10.4. The van der Waals surface area contributed by atoms with Gasteiger partial charge >= 0.3 is 6.03 Å². The maximum atomic E-state index is 11.9. The zero-order chi connectivity index (χ0) is 13.1. The van der Waals surface area contributed by atoms with Crippen LogP contribution in [0.2, 0.25) is 0 Å². The van der Waals surface area contributed by atoms with E-state index >= 15 is 0 Å². The third kappa shape index (κ3) is 2.57. The Morgan fingerprint density at radius 2 is 2.21 bits per heavy atom. The van der Waals surface area contributed by atoms with Gasteiger partial charge in [-0.1, -0.05) is 0 Å². The molecule has 0 unspecified atom stereocenters. The quantitative estimate of drug-likeness (QED) is 0.769. The van der Waals surface area contributed by atoms with Crippen LogP contribution in [0.15, 0.2) is 30.7 Å². The third-order valence-electron chi connectivity index (χ3n) is 3.28. The molecule has 3 rings (SSSR count). The molecule has 2 aromatic rings. The van der Waals surface area contributed by atoms with E-state index in [2.05, 4.69) is 25.8 Å². The van der Waals surface area contributed by atoms with Crippen molar-refractivity contribution in [3.63, 3.8) is 0 Å². The molecule has 2 aromatic heterocycles. The monoisotopic (exact) mass is 257 g/mol. The average molecular weight is 257 g/mol. The van der Waals surface area contributed by atoms with Gasteiger partial charge in [0.15, 0.2) is 0 Å². The van der Waals surface area contributed by atoms with Gasteiger partial charge in [0.05, 0.1) is 17.9 Å². The third-order valence-corrected chi connectivity index (χ3v) is 3.28. The number of fused-ring (bicyclic) bond motifs is 1. The average Bonchev–Trinajstić information content (AvgIpc) is 2.89. The van der Waals surface area contributed by atoms with Gasteiger partial charge in [0.2, 0.25) is 0 Å². The highest BCUT2D eigenvalue weighted by atomic mass is 16.2. The normalized spacial score (nSPS) is 17.6. The summed E-state index contributed by atoms with van der Waals surface area (Å²) in [6, 6.07) is 3.30. The lowest BCUT2D eigenvalue weighted by Crippen LogP contribution is -2.34. The first-order valence-corrected chi connectivity index (χ1v) is 6.32. The number of aromatic amines is 1. The van der Waals surface area contributed by atoms with Crippen LogP contribution in [0.4, 0.5) is 10.5 Å². The number of carbonyl (C=O) groups is 1. The van der Waals surface area contributed by atoms with Crippen LogP contribution in [0, 0.1) is 0 Å². The van der Waals surface area contributed by atoms with Gasteiger partial charge in [-0.3, -0.25) is 10.1 Å². The number of nitrogens with one attached hydrogen (secondary N) is 3. The summed E-state index contributed by atoms with van der Waals surface area (Å²) in [5, 5.41) is 12.8. The predicted molar refractivity (Wildman–Crippen MR) is 70.7 cm³/mol. The van der Waals surface area contributed by atoms with Crippen molar-refractivity contribution < 1.29 is 4.79 Å². The molecule has 6 heteroatoms. The number of H-pyrrole nitrogens is 1. The molecule has 19 heavy (non-hydrogen) atoms. The molecular formula is C13H15N5O. The number of aryl methyl sites for hydroxylation is 1. The number of amides is 2. The second-order valence-electron chi connectivity index (χ2n) is 4.59. The maximum Gasteiger partial charge on any atom is 0.319 e. The summed E-state index contributed by atoms with van der Waals surface area (Å²) in [5.74, 6) is 0. The van der Waals surface area contributed by atoms with Crippen LogP contribution in [-0.2, 0) is 6.42 Å². The fourth-order valence-corrected chi connectivity index (χ4v) is 2.37. The number of aromatic nitrogens is 3. The van der Waals surface area contributed by atoms with Gasteiger partial charge in [-0.25, -0.2) is 4.79 Å². The van der Waals surface area contributed by atoms with Crippen molar-refractivity contribution >= 4 is 11.7 Å². The van der Waals surface area contributed by atoms with E-state index in [9.17, 15) is 4.79 Å². The topological polar surface area (TPSA) is 82.7 Å². The van der Waals surface area contributed by atoms with Crippen LogP contribution in [0.25, 0.3) is 0 Å². The van der Waals surface area contributed by atoms with Gasteiger partial charge in [-0.15, -0.1) is 0 Å². The summed E-state index contributed by atoms with van der Waals surface area (Å²) in [6.07, 6.45) is 8.14. The molecule has 0 fully saturated rings. The molecule has 3 N–H and O–H groups in total. The lowest BCUT2D eigenvalue weighted by atomic mass is 9.94. The fourth-order valence-electron chi connectivity index (χ4n) is 2.37. The number of pyridine rings is 1. The standard InChI is InChI=1S/C13H15N5O/c19-13(16-10-4-6-14-7-5-10)17-11-3-1-2-9-8-15-18-12(9)11/h4-8,11H,1-3H2,(H,15,18)(H2,14,16,17,19)/t11-/m1/s1. The minimum absolute atomic E-state index is 0.00749.